The van der Waals surface area contributed by atoms with Crippen LogP contribution in [0.25, 0.3) is 0 Å². The molecule has 5 rings (SSSR count). The van der Waals surface area contributed by atoms with Crippen LogP contribution in [-0.2, 0) is 9.59 Å². The van der Waals surface area contributed by atoms with Gasteiger partial charge in [-0.25, -0.2) is 9.18 Å². The molecule has 1 aliphatic heterocycles. The number of halogens is 1. The van der Waals surface area contributed by atoms with E-state index in [1.807, 2.05) is 38.1 Å². The molecule has 1 heterocycles. The number of allylic oxidation sites excluding steroid dienone is 1. The Balaban J connectivity index is 1.58. The summed E-state index contributed by atoms with van der Waals surface area (Å²) in [6.07, 6.45) is 0.962. The van der Waals surface area contributed by atoms with Crippen LogP contribution in [0.5, 0.6) is 5.75 Å². The number of ether oxygens (including phenoxy) is 1. The Morgan fingerprint density at radius 2 is 1.76 bits per heavy atom. The Bertz CT molecular complexity index is 1450. The molecular formula is C29H26FN3O5. The standard InChI is InChI=1S/C29H26FN3O5/c1-29(2)15-23-27(25(34)16-29)28(18-7-9-19(30)10-8-18)32(24-6-4-3-5-22(24)31-23)17-26(35)38-21-13-11-20(12-14-21)33(36)37/h3-14,28,31H,15-17H2,1-2H3/t28-/m1/s1. The molecule has 38 heavy (non-hydrogen) atoms. The molecule has 1 aliphatic carbocycles. The lowest BCUT2D eigenvalue weighted by molar-refractivity contribution is -0.384. The molecular weight excluding hydrogens is 489 g/mol. The van der Waals surface area contributed by atoms with Gasteiger partial charge >= 0.3 is 5.97 Å². The maximum absolute atomic E-state index is 13.9. The van der Waals surface area contributed by atoms with Gasteiger partial charge in [0.05, 0.1) is 22.3 Å². The van der Waals surface area contributed by atoms with Crippen LogP contribution in [0.3, 0.4) is 0 Å². The number of carbonyl (C=O) groups excluding carboxylic acids is 2. The number of carbonyl (C=O) groups is 2. The molecule has 8 nitrogen and oxygen atoms in total. The molecule has 0 bridgehead atoms. The molecule has 194 valence electrons. The van der Waals surface area contributed by atoms with E-state index in [2.05, 4.69) is 5.32 Å². The summed E-state index contributed by atoms with van der Waals surface area (Å²) in [5, 5.41) is 14.4. The molecule has 0 spiro atoms. The summed E-state index contributed by atoms with van der Waals surface area (Å²) in [6.45, 7) is 3.85. The number of hydrogen-bond acceptors (Lipinski definition) is 7. The normalized spacial score (nSPS) is 18.1. The predicted octanol–water partition coefficient (Wildman–Crippen LogP) is 5.96. The van der Waals surface area contributed by atoms with Gasteiger partial charge in [-0.2, -0.15) is 0 Å². The molecule has 0 saturated heterocycles. The minimum atomic E-state index is -0.672. The number of nitro groups is 1. The summed E-state index contributed by atoms with van der Waals surface area (Å²) in [7, 11) is 0. The van der Waals surface area contributed by atoms with Gasteiger partial charge in [-0.3, -0.25) is 14.9 Å². The number of nitrogens with zero attached hydrogens (tertiary/aromatic N) is 2. The summed E-state index contributed by atoms with van der Waals surface area (Å²) < 4.78 is 19.4. The Morgan fingerprint density at radius 1 is 1.08 bits per heavy atom. The van der Waals surface area contributed by atoms with Crippen LogP contribution in [-0.4, -0.2) is 23.2 Å². The van der Waals surface area contributed by atoms with Crippen LogP contribution >= 0.6 is 0 Å². The maximum atomic E-state index is 13.9. The Hall–Kier alpha value is -4.53. The van der Waals surface area contributed by atoms with Crippen molar-refractivity contribution in [1.29, 1.82) is 0 Å². The van der Waals surface area contributed by atoms with Crippen LogP contribution in [0.1, 0.15) is 38.3 Å². The maximum Gasteiger partial charge on any atom is 0.330 e. The minimum absolute atomic E-state index is 0.0420. The second-order valence-corrected chi connectivity index (χ2v) is 10.3. The van der Waals surface area contributed by atoms with Gasteiger partial charge in [-0.1, -0.05) is 38.1 Å². The molecule has 9 heteroatoms. The van der Waals surface area contributed by atoms with E-state index >= 15 is 0 Å². The topological polar surface area (TPSA) is 102 Å². The number of benzene rings is 3. The van der Waals surface area contributed by atoms with E-state index in [-0.39, 0.29) is 29.2 Å². The fourth-order valence-electron chi connectivity index (χ4n) is 5.16. The average Bonchev–Trinajstić information content (AvgIpc) is 2.98. The highest BCUT2D eigenvalue weighted by molar-refractivity contribution is 6.01. The second kappa shape index (κ2) is 9.74. The van der Waals surface area contributed by atoms with E-state index < -0.39 is 22.8 Å². The number of para-hydroxylation sites is 2. The molecule has 0 amide bonds. The van der Waals surface area contributed by atoms with Gasteiger partial charge in [0.15, 0.2) is 5.78 Å². The molecule has 0 unspecified atom stereocenters. The highest BCUT2D eigenvalue weighted by Gasteiger charge is 2.42. The van der Waals surface area contributed by atoms with Crippen molar-refractivity contribution in [3.05, 3.63) is 106 Å². The lowest BCUT2D eigenvalue weighted by atomic mass is 9.73. The first-order valence-electron chi connectivity index (χ1n) is 12.2. The van der Waals surface area contributed by atoms with Crippen molar-refractivity contribution in [1.82, 2.24) is 0 Å². The molecule has 3 aromatic carbocycles. The van der Waals surface area contributed by atoms with Gasteiger partial charge in [0.1, 0.15) is 18.1 Å². The van der Waals surface area contributed by atoms with Crippen molar-refractivity contribution in [2.24, 2.45) is 5.41 Å². The van der Waals surface area contributed by atoms with Gasteiger partial charge in [-0.15, -0.1) is 0 Å². The van der Waals surface area contributed by atoms with Gasteiger partial charge < -0.3 is 15.0 Å². The second-order valence-electron chi connectivity index (χ2n) is 10.3. The van der Waals surface area contributed by atoms with Gasteiger partial charge in [0.2, 0.25) is 0 Å². The molecule has 0 saturated carbocycles. The highest BCUT2D eigenvalue weighted by Crippen LogP contribution is 2.48. The Morgan fingerprint density at radius 3 is 2.45 bits per heavy atom. The summed E-state index contributed by atoms with van der Waals surface area (Å²) >= 11 is 0. The van der Waals surface area contributed by atoms with Gasteiger partial charge in [0.25, 0.3) is 5.69 Å². The van der Waals surface area contributed by atoms with E-state index in [4.69, 9.17) is 4.74 Å². The van der Waals surface area contributed by atoms with Crippen molar-refractivity contribution < 1.29 is 23.6 Å². The van der Waals surface area contributed by atoms with E-state index in [1.165, 1.54) is 36.4 Å². The molecule has 3 aromatic rings. The number of esters is 1. The average molecular weight is 516 g/mol. The number of nitrogens with one attached hydrogen (secondary N) is 1. The van der Waals surface area contributed by atoms with E-state index in [9.17, 15) is 24.1 Å². The third-order valence-electron chi connectivity index (χ3n) is 6.77. The monoisotopic (exact) mass is 515 g/mol. The van der Waals surface area contributed by atoms with Crippen LogP contribution in [0, 0.1) is 21.3 Å². The number of rotatable bonds is 5. The first kappa shape index (κ1) is 25.1. The van der Waals surface area contributed by atoms with Crippen LogP contribution in [0.2, 0.25) is 0 Å². The third kappa shape index (κ3) is 5.00. The largest absolute Gasteiger partial charge is 0.425 e. The first-order valence-corrected chi connectivity index (χ1v) is 12.2. The number of nitro benzene ring substituents is 1. The number of ketones is 1. The van der Waals surface area contributed by atoms with Crippen LogP contribution in [0.15, 0.2) is 84.1 Å². The number of hydrogen-bond donors (Lipinski definition) is 1. The summed E-state index contributed by atoms with van der Waals surface area (Å²) in [5.41, 5.74) is 3.02. The number of fused-ring (bicyclic) bond motifs is 1. The summed E-state index contributed by atoms with van der Waals surface area (Å²) in [6, 6.07) is 17.9. The molecule has 0 radical (unpaired) electrons. The number of anilines is 2. The van der Waals surface area contributed by atoms with Gasteiger partial charge in [0, 0.05) is 29.8 Å². The highest BCUT2D eigenvalue weighted by atomic mass is 19.1. The van der Waals surface area contributed by atoms with Crippen molar-refractivity contribution in [2.45, 2.75) is 32.7 Å². The summed E-state index contributed by atoms with van der Waals surface area (Å²) in [5.74, 6) is -0.904. The fraction of sp³-hybridized carbons (Fsp3) is 0.241. The molecule has 1 N–H and O–H groups in total. The minimum Gasteiger partial charge on any atom is -0.425 e. The lowest BCUT2D eigenvalue weighted by Gasteiger charge is -2.37. The Labute approximate surface area is 218 Å². The lowest BCUT2D eigenvalue weighted by Crippen LogP contribution is -2.39. The van der Waals surface area contributed by atoms with E-state index in [0.717, 1.165) is 11.4 Å². The fourth-order valence-corrected chi connectivity index (χ4v) is 5.16. The predicted molar refractivity (Wildman–Crippen MR) is 140 cm³/mol. The van der Waals surface area contributed by atoms with Crippen molar-refractivity contribution in [3.8, 4) is 5.75 Å². The van der Waals surface area contributed by atoms with Gasteiger partial charge in [-0.05, 0) is 53.8 Å². The third-order valence-corrected chi connectivity index (χ3v) is 6.77. The van der Waals surface area contributed by atoms with Crippen molar-refractivity contribution in [3.63, 3.8) is 0 Å². The smallest absolute Gasteiger partial charge is 0.330 e. The zero-order valence-electron chi connectivity index (χ0n) is 20.9. The van der Waals surface area contributed by atoms with Crippen molar-refractivity contribution >= 4 is 28.8 Å². The van der Waals surface area contributed by atoms with E-state index in [0.29, 0.717) is 29.7 Å². The van der Waals surface area contributed by atoms with E-state index in [1.54, 1.807) is 17.0 Å². The summed E-state index contributed by atoms with van der Waals surface area (Å²) in [4.78, 5) is 39.1. The quantitative estimate of drug-likeness (QED) is 0.194. The number of non-ortho nitro benzene ring substituents is 1. The molecule has 1 atom stereocenters. The molecule has 0 aromatic heterocycles. The SMILES string of the molecule is CC1(C)CC(=O)C2=C(C1)Nc1ccccc1N(CC(=O)Oc1ccc([N+](=O)[O-])cc1)[C@@H]2c1ccc(F)cc1. The zero-order valence-corrected chi connectivity index (χ0v) is 20.9. The van der Waals surface area contributed by atoms with Crippen molar-refractivity contribution in [2.75, 3.05) is 16.8 Å². The first-order chi connectivity index (χ1) is 18.1. The number of Topliss-reactive ketones (excluding diaryl/α,β-unsaturated/α-hetero) is 1. The zero-order chi connectivity index (χ0) is 27.0. The van der Waals surface area contributed by atoms with Crippen LogP contribution < -0.4 is 15.0 Å². The Kier molecular flexibility index (Phi) is 6.44. The molecule has 2 aliphatic rings. The van der Waals surface area contributed by atoms with Crippen LogP contribution in [0.4, 0.5) is 21.5 Å². The molecule has 0 fully saturated rings.